The summed E-state index contributed by atoms with van der Waals surface area (Å²) in [4.78, 5) is 25.6. The summed E-state index contributed by atoms with van der Waals surface area (Å²) in [5.41, 5.74) is 0.830. The zero-order valence-corrected chi connectivity index (χ0v) is 16.6. The van der Waals surface area contributed by atoms with Crippen molar-refractivity contribution in [2.45, 2.75) is 11.8 Å². The molecular formula is C19H21N3O6S. The molecule has 1 saturated heterocycles. The summed E-state index contributed by atoms with van der Waals surface area (Å²) in [5.74, 6) is -0.537. The van der Waals surface area contributed by atoms with E-state index in [1.807, 2.05) is 4.90 Å². The molecule has 9 nitrogen and oxygen atoms in total. The predicted octanol–water partition coefficient (Wildman–Crippen LogP) is 2.48. The Bertz CT molecular complexity index is 1010. The van der Waals surface area contributed by atoms with Crippen LogP contribution in [0.25, 0.3) is 0 Å². The van der Waals surface area contributed by atoms with Crippen molar-refractivity contribution < 1.29 is 22.9 Å². The van der Waals surface area contributed by atoms with Gasteiger partial charge in [0.1, 0.15) is 5.69 Å². The zero-order chi connectivity index (χ0) is 21.0. The monoisotopic (exact) mass is 419 g/mol. The molecule has 3 rings (SSSR count). The number of nitro benzene ring substituents is 1. The standard InChI is InChI=1S/C19H21N3O6S/c1-2-29(26,27)16-6-4-15(5-7-16)20-19(23)14-3-8-17(18(13-14)22(24)25)21-9-11-28-12-10-21/h3-8,13H,2,9-12H2,1H3,(H,20,23). The minimum absolute atomic E-state index is 0.0160. The van der Waals surface area contributed by atoms with Crippen molar-refractivity contribution in [1.29, 1.82) is 0 Å². The first-order valence-electron chi connectivity index (χ1n) is 9.07. The van der Waals surface area contributed by atoms with Crippen molar-refractivity contribution in [3.63, 3.8) is 0 Å². The molecule has 0 bridgehead atoms. The highest BCUT2D eigenvalue weighted by molar-refractivity contribution is 7.91. The van der Waals surface area contributed by atoms with Gasteiger partial charge in [-0.2, -0.15) is 0 Å². The number of nitro groups is 1. The Balaban J connectivity index is 1.80. The van der Waals surface area contributed by atoms with Crippen LogP contribution in [0.1, 0.15) is 17.3 Å². The molecule has 1 fully saturated rings. The van der Waals surface area contributed by atoms with Crippen LogP contribution in [0, 0.1) is 10.1 Å². The van der Waals surface area contributed by atoms with Crippen molar-refractivity contribution >= 4 is 32.8 Å². The van der Waals surface area contributed by atoms with E-state index < -0.39 is 20.7 Å². The van der Waals surface area contributed by atoms with Crippen molar-refractivity contribution in [2.75, 3.05) is 42.3 Å². The van der Waals surface area contributed by atoms with Crippen molar-refractivity contribution in [1.82, 2.24) is 0 Å². The highest BCUT2D eigenvalue weighted by atomic mass is 32.2. The summed E-state index contributed by atoms with van der Waals surface area (Å²) in [6.45, 7) is 3.61. The van der Waals surface area contributed by atoms with Crippen LogP contribution in [0.2, 0.25) is 0 Å². The van der Waals surface area contributed by atoms with Crippen LogP contribution >= 0.6 is 0 Å². The first-order valence-corrected chi connectivity index (χ1v) is 10.7. The normalized spacial score (nSPS) is 14.4. The third-order valence-electron chi connectivity index (χ3n) is 4.64. The molecule has 0 aliphatic carbocycles. The number of amides is 1. The Morgan fingerprint density at radius 1 is 1.17 bits per heavy atom. The van der Waals surface area contributed by atoms with Gasteiger partial charge in [-0.05, 0) is 36.4 Å². The smallest absolute Gasteiger partial charge is 0.293 e. The van der Waals surface area contributed by atoms with E-state index in [0.717, 1.165) is 0 Å². The molecule has 0 aromatic heterocycles. The quantitative estimate of drug-likeness (QED) is 0.564. The number of carbonyl (C=O) groups excluding carboxylic acids is 1. The molecule has 0 saturated carbocycles. The van der Waals surface area contributed by atoms with Crippen LogP contribution in [-0.2, 0) is 14.6 Å². The number of carbonyl (C=O) groups is 1. The number of sulfone groups is 1. The lowest BCUT2D eigenvalue weighted by molar-refractivity contribution is -0.384. The van der Waals surface area contributed by atoms with E-state index >= 15 is 0 Å². The van der Waals surface area contributed by atoms with E-state index in [-0.39, 0.29) is 21.9 Å². The number of anilines is 2. The molecule has 1 aliphatic heterocycles. The second-order valence-electron chi connectivity index (χ2n) is 6.44. The maximum Gasteiger partial charge on any atom is 0.293 e. The molecule has 29 heavy (non-hydrogen) atoms. The number of ether oxygens (including phenoxy) is 1. The third-order valence-corrected chi connectivity index (χ3v) is 6.39. The molecule has 2 aromatic carbocycles. The molecule has 2 aromatic rings. The number of morpholine rings is 1. The van der Waals surface area contributed by atoms with Gasteiger partial charge in [-0.3, -0.25) is 14.9 Å². The SMILES string of the molecule is CCS(=O)(=O)c1ccc(NC(=O)c2ccc(N3CCOCC3)c([N+](=O)[O-])c2)cc1. The van der Waals surface area contributed by atoms with Crippen molar-refractivity contribution in [3.8, 4) is 0 Å². The summed E-state index contributed by atoms with van der Waals surface area (Å²) >= 11 is 0. The predicted molar refractivity (Wildman–Crippen MR) is 108 cm³/mol. The molecule has 10 heteroatoms. The van der Waals surface area contributed by atoms with E-state index in [0.29, 0.717) is 37.7 Å². The first-order chi connectivity index (χ1) is 13.8. The molecule has 1 amide bonds. The van der Waals surface area contributed by atoms with Gasteiger partial charge < -0.3 is 15.0 Å². The van der Waals surface area contributed by atoms with Gasteiger partial charge in [0, 0.05) is 30.4 Å². The molecule has 0 unspecified atom stereocenters. The second-order valence-corrected chi connectivity index (χ2v) is 8.72. The lowest BCUT2D eigenvalue weighted by Crippen LogP contribution is -2.36. The molecule has 0 spiro atoms. The number of rotatable bonds is 6. The maximum absolute atomic E-state index is 12.5. The summed E-state index contributed by atoms with van der Waals surface area (Å²) in [5, 5.41) is 14.1. The maximum atomic E-state index is 12.5. The lowest BCUT2D eigenvalue weighted by atomic mass is 10.1. The molecule has 1 N–H and O–H groups in total. The lowest BCUT2D eigenvalue weighted by Gasteiger charge is -2.28. The Labute approximate surface area is 168 Å². The van der Waals surface area contributed by atoms with E-state index in [4.69, 9.17) is 4.74 Å². The zero-order valence-electron chi connectivity index (χ0n) is 15.8. The summed E-state index contributed by atoms with van der Waals surface area (Å²) in [6.07, 6.45) is 0. The molecular weight excluding hydrogens is 398 g/mol. The van der Waals surface area contributed by atoms with Crippen LogP contribution in [0.3, 0.4) is 0 Å². The minimum atomic E-state index is -3.33. The largest absolute Gasteiger partial charge is 0.378 e. The van der Waals surface area contributed by atoms with Gasteiger partial charge in [0.25, 0.3) is 11.6 Å². The Morgan fingerprint density at radius 2 is 1.83 bits per heavy atom. The fourth-order valence-electron chi connectivity index (χ4n) is 3.00. The Kier molecular flexibility index (Phi) is 6.14. The first kappa shape index (κ1) is 20.7. The van der Waals surface area contributed by atoms with Crippen LogP contribution in [0.4, 0.5) is 17.1 Å². The second kappa shape index (κ2) is 8.58. The molecule has 1 heterocycles. The number of nitrogens with zero attached hydrogens (tertiary/aromatic N) is 2. The highest BCUT2D eigenvalue weighted by Gasteiger charge is 2.23. The molecule has 1 aliphatic rings. The number of hydrogen-bond donors (Lipinski definition) is 1. The fourth-order valence-corrected chi connectivity index (χ4v) is 3.88. The molecule has 0 atom stereocenters. The summed E-state index contributed by atoms with van der Waals surface area (Å²) in [7, 11) is -3.33. The molecule has 154 valence electrons. The van der Waals surface area contributed by atoms with E-state index in [9.17, 15) is 23.3 Å². The van der Waals surface area contributed by atoms with Crippen LogP contribution in [0.5, 0.6) is 0 Å². The highest BCUT2D eigenvalue weighted by Crippen LogP contribution is 2.30. The van der Waals surface area contributed by atoms with Gasteiger partial charge in [0.2, 0.25) is 0 Å². The summed E-state index contributed by atoms with van der Waals surface area (Å²) < 4.78 is 29.0. The van der Waals surface area contributed by atoms with Gasteiger partial charge in [0.15, 0.2) is 9.84 Å². The van der Waals surface area contributed by atoms with Gasteiger partial charge in [-0.1, -0.05) is 6.92 Å². The Morgan fingerprint density at radius 3 is 2.41 bits per heavy atom. The van der Waals surface area contributed by atoms with Gasteiger partial charge >= 0.3 is 0 Å². The van der Waals surface area contributed by atoms with Gasteiger partial charge in [0.05, 0.1) is 28.8 Å². The Hall–Kier alpha value is -2.98. The molecule has 0 radical (unpaired) electrons. The van der Waals surface area contributed by atoms with Gasteiger partial charge in [-0.15, -0.1) is 0 Å². The van der Waals surface area contributed by atoms with Crippen LogP contribution in [0.15, 0.2) is 47.4 Å². The average molecular weight is 419 g/mol. The van der Waals surface area contributed by atoms with Crippen molar-refractivity contribution in [3.05, 3.63) is 58.1 Å². The van der Waals surface area contributed by atoms with Crippen LogP contribution in [-0.4, -0.2) is 51.3 Å². The van der Waals surface area contributed by atoms with Crippen LogP contribution < -0.4 is 10.2 Å². The van der Waals surface area contributed by atoms with Gasteiger partial charge in [-0.25, -0.2) is 8.42 Å². The third kappa shape index (κ3) is 4.72. The number of hydrogen-bond acceptors (Lipinski definition) is 7. The van der Waals surface area contributed by atoms with Crippen molar-refractivity contribution in [2.24, 2.45) is 0 Å². The fraction of sp³-hybridized carbons (Fsp3) is 0.316. The number of nitrogens with one attached hydrogen (secondary N) is 1. The topological polar surface area (TPSA) is 119 Å². The van der Waals surface area contributed by atoms with E-state index in [1.54, 1.807) is 13.0 Å². The average Bonchev–Trinajstić information content (AvgIpc) is 2.74. The number of benzene rings is 2. The van der Waals surface area contributed by atoms with E-state index in [2.05, 4.69) is 5.32 Å². The summed E-state index contributed by atoms with van der Waals surface area (Å²) in [6, 6.07) is 10.1. The van der Waals surface area contributed by atoms with E-state index in [1.165, 1.54) is 36.4 Å². The minimum Gasteiger partial charge on any atom is -0.378 e.